The average molecular weight is 362 g/mol. The first-order chi connectivity index (χ1) is 10.6. The molecule has 0 spiro atoms. The van der Waals surface area contributed by atoms with Crippen LogP contribution in [0.3, 0.4) is 0 Å². The molecule has 0 saturated heterocycles. The fourth-order valence-corrected chi connectivity index (χ4v) is 2.01. The molecule has 0 aliphatic heterocycles. The Bertz CT molecular complexity index is 630. The molecule has 0 aliphatic rings. The van der Waals surface area contributed by atoms with Crippen LogP contribution in [0.2, 0.25) is 0 Å². The van der Waals surface area contributed by atoms with Crippen LogP contribution in [0.15, 0.2) is 59.1 Å². The predicted octanol–water partition coefficient (Wildman–Crippen LogP) is 2.89. The highest BCUT2D eigenvalue weighted by Gasteiger charge is 2.07. The van der Waals surface area contributed by atoms with Gasteiger partial charge in [0.15, 0.2) is 0 Å². The minimum Gasteiger partial charge on any atom is -0.376 e. The van der Waals surface area contributed by atoms with Gasteiger partial charge in [0, 0.05) is 16.7 Å². The van der Waals surface area contributed by atoms with E-state index in [4.69, 9.17) is 0 Å². The van der Waals surface area contributed by atoms with Gasteiger partial charge < -0.3 is 10.6 Å². The van der Waals surface area contributed by atoms with Gasteiger partial charge in [0.1, 0.15) is 0 Å². The Labute approximate surface area is 137 Å². The molecule has 5 nitrogen and oxygen atoms in total. The average Bonchev–Trinajstić information content (AvgIpc) is 2.53. The Morgan fingerprint density at radius 1 is 0.955 bits per heavy atom. The summed E-state index contributed by atoms with van der Waals surface area (Å²) >= 11 is 3.33. The van der Waals surface area contributed by atoms with Crippen LogP contribution in [-0.2, 0) is 11.3 Å². The number of carbonyl (C=O) groups is 2. The standard InChI is InChI=1S/C16H16BrN3O2/c17-13-6-8-14(9-7-13)18-11-15(21)20-16(22)19-10-12-4-2-1-3-5-12/h1-9,18H,10-11H2,(H2,19,20,21,22). The molecule has 114 valence electrons. The third-order valence-corrected chi connectivity index (χ3v) is 3.37. The molecule has 0 bridgehead atoms. The van der Waals surface area contributed by atoms with Crippen LogP contribution in [0.5, 0.6) is 0 Å². The Morgan fingerprint density at radius 3 is 2.32 bits per heavy atom. The van der Waals surface area contributed by atoms with Gasteiger partial charge in [-0.1, -0.05) is 46.3 Å². The molecule has 22 heavy (non-hydrogen) atoms. The molecule has 0 fully saturated rings. The van der Waals surface area contributed by atoms with E-state index >= 15 is 0 Å². The normalized spacial score (nSPS) is 9.86. The monoisotopic (exact) mass is 361 g/mol. The van der Waals surface area contributed by atoms with E-state index in [0.717, 1.165) is 15.7 Å². The number of imide groups is 1. The zero-order valence-corrected chi connectivity index (χ0v) is 13.4. The van der Waals surface area contributed by atoms with Crippen LogP contribution >= 0.6 is 15.9 Å². The summed E-state index contributed by atoms with van der Waals surface area (Å²) in [7, 11) is 0. The van der Waals surface area contributed by atoms with Gasteiger partial charge in [-0.05, 0) is 29.8 Å². The van der Waals surface area contributed by atoms with Crippen LogP contribution < -0.4 is 16.0 Å². The van der Waals surface area contributed by atoms with Crippen LogP contribution in [0.4, 0.5) is 10.5 Å². The summed E-state index contributed by atoms with van der Waals surface area (Å²) in [4.78, 5) is 23.3. The number of benzene rings is 2. The summed E-state index contributed by atoms with van der Waals surface area (Å²) in [5, 5.41) is 7.84. The van der Waals surface area contributed by atoms with Crippen LogP contribution in [-0.4, -0.2) is 18.5 Å². The number of hydrogen-bond acceptors (Lipinski definition) is 3. The lowest BCUT2D eigenvalue weighted by molar-refractivity contribution is -0.118. The van der Waals surface area contributed by atoms with Crippen molar-refractivity contribution in [1.82, 2.24) is 10.6 Å². The fraction of sp³-hybridized carbons (Fsp3) is 0.125. The van der Waals surface area contributed by atoms with Crippen molar-refractivity contribution in [2.45, 2.75) is 6.54 Å². The van der Waals surface area contributed by atoms with Crippen molar-refractivity contribution in [3.8, 4) is 0 Å². The molecule has 0 aromatic heterocycles. The van der Waals surface area contributed by atoms with Crippen LogP contribution in [0.25, 0.3) is 0 Å². The Hall–Kier alpha value is -2.34. The van der Waals surface area contributed by atoms with Gasteiger partial charge in [0.05, 0.1) is 6.54 Å². The largest absolute Gasteiger partial charge is 0.376 e. The predicted molar refractivity (Wildman–Crippen MR) is 89.5 cm³/mol. The zero-order chi connectivity index (χ0) is 15.8. The first kappa shape index (κ1) is 16.0. The lowest BCUT2D eigenvalue weighted by Gasteiger charge is -2.08. The molecule has 0 saturated carbocycles. The van der Waals surface area contributed by atoms with Crippen LogP contribution in [0, 0.1) is 0 Å². The smallest absolute Gasteiger partial charge is 0.321 e. The SMILES string of the molecule is O=C(CNc1ccc(Br)cc1)NC(=O)NCc1ccccc1. The summed E-state index contributed by atoms with van der Waals surface area (Å²) in [6.07, 6.45) is 0. The van der Waals surface area contributed by atoms with Crippen molar-refractivity contribution in [3.63, 3.8) is 0 Å². The second kappa shape index (κ2) is 8.19. The maximum absolute atomic E-state index is 11.7. The first-order valence-corrected chi connectivity index (χ1v) is 7.54. The topological polar surface area (TPSA) is 70.2 Å². The summed E-state index contributed by atoms with van der Waals surface area (Å²) in [6, 6.07) is 16.4. The summed E-state index contributed by atoms with van der Waals surface area (Å²) in [5.41, 5.74) is 1.78. The number of urea groups is 1. The molecule has 0 unspecified atom stereocenters. The highest BCUT2D eigenvalue weighted by Crippen LogP contribution is 2.13. The van der Waals surface area contributed by atoms with Crippen molar-refractivity contribution in [2.24, 2.45) is 0 Å². The maximum Gasteiger partial charge on any atom is 0.321 e. The Balaban J connectivity index is 1.70. The number of anilines is 1. The highest BCUT2D eigenvalue weighted by atomic mass is 79.9. The molecule has 2 rings (SSSR count). The Kier molecular flexibility index (Phi) is 5.97. The molecule has 6 heteroatoms. The summed E-state index contributed by atoms with van der Waals surface area (Å²) in [6.45, 7) is 0.403. The molecule has 3 N–H and O–H groups in total. The van der Waals surface area contributed by atoms with Gasteiger partial charge in [-0.2, -0.15) is 0 Å². The van der Waals surface area contributed by atoms with E-state index < -0.39 is 11.9 Å². The third-order valence-electron chi connectivity index (χ3n) is 2.85. The maximum atomic E-state index is 11.7. The van der Waals surface area contributed by atoms with Gasteiger partial charge >= 0.3 is 6.03 Å². The Morgan fingerprint density at radius 2 is 1.64 bits per heavy atom. The number of rotatable bonds is 5. The van der Waals surface area contributed by atoms with Crippen molar-refractivity contribution in [3.05, 3.63) is 64.6 Å². The lowest BCUT2D eigenvalue weighted by Crippen LogP contribution is -2.41. The van der Waals surface area contributed by atoms with Crippen molar-refractivity contribution in [2.75, 3.05) is 11.9 Å². The molecule has 3 amide bonds. The molecule has 0 heterocycles. The molecule has 0 aliphatic carbocycles. The number of hydrogen-bond donors (Lipinski definition) is 3. The molecular formula is C16H16BrN3O2. The lowest BCUT2D eigenvalue weighted by atomic mass is 10.2. The van der Waals surface area contributed by atoms with E-state index in [9.17, 15) is 9.59 Å². The third kappa shape index (κ3) is 5.57. The quantitative estimate of drug-likeness (QED) is 0.766. The van der Waals surface area contributed by atoms with E-state index in [1.807, 2.05) is 54.6 Å². The summed E-state index contributed by atoms with van der Waals surface area (Å²) < 4.78 is 0.961. The van der Waals surface area contributed by atoms with Gasteiger partial charge in [-0.25, -0.2) is 4.79 Å². The second-order valence-corrected chi connectivity index (χ2v) is 5.49. The first-order valence-electron chi connectivity index (χ1n) is 6.74. The molecule has 0 atom stereocenters. The van der Waals surface area contributed by atoms with Gasteiger partial charge in [0.25, 0.3) is 0 Å². The van der Waals surface area contributed by atoms with E-state index in [0.29, 0.717) is 6.54 Å². The van der Waals surface area contributed by atoms with Gasteiger partial charge in [-0.15, -0.1) is 0 Å². The van der Waals surface area contributed by atoms with E-state index in [-0.39, 0.29) is 6.54 Å². The molecule has 0 radical (unpaired) electrons. The molecule has 2 aromatic carbocycles. The number of amides is 3. The molecular weight excluding hydrogens is 346 g/mol. The second-order valence-electron chi connectivity index (χ2n) is 4.58. The number of halogens is 1. The zero-order valence-electron chi connectivity index (χ0n) is 11.8. The van der Waals surface area contributed by atoms with Crippen LogP contribution in [0.1, 0.15) is 5.56 Å². The number of nitrogens with one attached hydrogen (secondary N) is 3. The highest BCUT2D eigenvalue weighted by molar-refractivity contribution is 9.10. The van der Waals surface area contributed by atoms with Gasteiger partial charge in [0.2, 0.25) is 5.91 Å². The van der Waals surface area contributed by atoms with E-state index in [2.05, 4.69) is 31.9 Å². The fourth-order valence-electron chi connectivity index (χ4n) is 1.74. The van der Waals surface area contributed by atoms with Crippen molar-refractivity contribution < 1.29 is 9.59 Å². The minimum atomic E-state index is -0.508. The molecule has 2 aromatic rings. The summed E-state index contributed by atoms with van der Waals surface area (Å²) in [5.74, 6) is -0.395. The van der Waals surface area contributed by atoms with Crippen molar-refractivity contribution >= 4 is 33.6 Å². The van der Waals surface area contributed by atoms with Crippen molar-refractivity contribution in [1.29, 1.82) is 0 Å². The van der Waals surface area contributed by atoms with E-state index in [1.165, 1.54) is 0 Å². The van der Waals surface area contributed by atoms with E-state index in [1.54, 1.807) is 0 Å². The minimum absolute atomic E-state index is 0.0282. The number of carbonyl (C=O) groups excluding carboxylic acids is 2. The van der Waals surface area contributed by atoms with Gasteiger partial charge in [-0.3, -0.25) is 10.1 Å².